The number of fused-ring (bicyclic) bond motifs is 1. The second-order valence-electron chi connectivity index (χ2n) is 8.42. The third-order valence-electron chi connectivity index (χ3n) is 6.05. The molecule has 3 heterocycles. The molecule has 2 aromatic carbocycles. The number of ether oxygens (including phenoxy) is 1. The van der Waals surface area contributed by atoms with Gasteiger partial charge >= 0.3 is 0 Å². The van der Waals surface area contributed by atoms with E-state index < -0.39 is 0 Å². The lowest BCUT2D eigenvalue weighted by atomic mass is 10.1. The first kappa shape index (κ1) is 22.9. The Morgan fingerprint density at radius 2 is 1.83 bits per heavy atom. The smallest absolute Gasteiger partial charge is 0.255 e. The van der Waals surface area contributed by atoms with E-state index in [9.17, 15) is 4.79 Å². The van der Waals surface area contributed by atoms with Gasteiger partial charge in [-0.3, -0.25) is 9.78 Å². The topological polar surface area (TPSA) is 72.3 Å². The van der Waals surface area contributed by atoms with Crippen LogP contribution in [-0.2, 0) is 19.5 Å². The number of imidazole rings is 1. The minimum atomic E-state index is -0.134. The zero-order chi connectivity index (χ0) is 24.0. The van der Waals surface area contributed by atoms with Crippen LogP contribution in [0.3, 0.4) is 0 Å². The summed E-state index contributed by atoms with van der Waals surface area (Å²) in [6.45, 7) is 3.16. The van der Waals surface area contributed by atoms with E-state index in [1.165, 1.54) is 0 Å². The fraction of sp³-hybridized carbons (Fsp3) is 0.222. The number of halogens is 1. The van der Waals surface area contributed by atoms with Gasteiger partial charge in [0, 0.05) is 36.7 Å². The molecule has 1 N–H and O–H groups in total. The van der Waals surface area contributed by atoms with Gasteiger partial charge in [-0.05, 0) is 53.9 Å². The first-order chi connectivity index (χ1) is 17.2. The summed E-state index contributed by atoms with van der Waals surface area (Å²) in [5.41, 5.74) is 4.84. The lowest BCUT2D eigenvalue weighted by Gasteiger charge is -2.32. The Hall–Kier alpha value is -3.84. The molecule has 0 saturated carbocycles. The summed E-state index contributed by atoms with van der Waals surface area (Å²) in [5, 5.41) is 3.74. The molecule has 4 aromatic rings. The molecule has 1 aliphatic rings. The molecule has 0 atom stereocenters. The Morgan fingerprint density at radius 1 is 1.00 bits per heavy atom. The van der Waals surface area contributed by atoms with Crippen LogP contribution in [0.5, 0.6) is 5.75 Å². The Morgan fingerprint density at radius 3 is 2.66 bits per heavy atom. The molecule has 178 valence electrons. The molecule has 0 aliphatic carbocycles. The molecule has 7 nitrogen and oxygen atoms in total. The van der Waals surface area contributed by atoms with E-state index in [0.29, 0.717) is 37.6 Å². The van der Waals surface area contributed by atoms with Crippen molar-refractivity contribution in [2.45, 2.75) is 19.5 Å². The van der Waals surface area contributed by atoms with Crippen molar-refractivity contribution in [2.24, 2.45) is 0 Å². The molecule has 0 radical (unpaired) electrons. The van der Waals surface area contributed by atoms with Crippen molar-refractivity contribution in [3.63, 3.8) is 0 Å². The van der Waals surface area contributed by atoms with Crippen LogP contribution >= 0.6 is 11.6 Å². The number of carbonyl (C=O) groups excluding carboxylic acids is 1. The Bertz CT molecular complexity index is 1290. The van der Waals surface area contributed by atoms with Crippen molar-refractivity contribution in [3.8, 4) is 5.75 Å². The van der Waals surface area contributed by atoms with Crippen LogP contribution in [0.1, 0.15) is 27.2 Å². The highest BCUT2D eigenvalue weighted by atomic mass is 35.5. The highest BCUT2D eigenvalue weighted by Gasteiger charge is 2.24. The SMILES string of the molecule is O=C(NCCc1ccncc1)c1cccc2c1OCCN2Cc1cncn1Cc1ccc(Cl)cc1. The van der Waals surface area contributed by atoms with Crippen LogP contribution in [-0.4, -0.2) is 40.1 Å². The van der Waals surface area contributed by atoms with Crippen molar-refractivity contribution in [3.05, 3.63) is 107 Å². The molecule has 0 spiro atoms. The third kappa shape index (κ3) is 5.46. The average Bonchev–Trinajstić information content (AvgIpc) is 3.32. The predicted octanol–water partition coefficient (Wildman–Crippen LogP) is 4.35. The van der Waals surface area contributed by atoms with Gasteiger partial charge in [-0.1, -0.05) is 29.8 Å². The summed E-state index contributed by atoms with van der Waals surface area (Å²) in [6.07, 6.45) is 8.00. The quantitative estimate of drug-likeness (QED) is 0.400. The maximum atomic E-state index is 13.0. The van der Waals surface area contributed by atoms with Gasteiger partial charge in [0.15, 0.2) is 5.75 Å². The van der Waals surface area contributed by atoms with E-state index in [2.05, 4.69) is 24.8 Å². The number of anilines is 1. The number of nitrogens with one attached hydrogen (secondary N) is 1. The van der Waals surface area contributed by atoms with Crippen LogP contribution in [0.4, 0.5) is 5.69 Å². The normalized spacial score (nSPS) is 12.7. The number of hydrogen-bond acceptors (Lipinski definition) is 5. The van der Waals surface area contributed by atoms with Gasteiger partial charge < -0.3 is 19.5 Å². The first-order valence-electron chi connectivity index (χ1n) is 11.6. The number of hydrogen-bond donors (Lipinski definition) is 1. The predicted molar refractivity (Wildman–Crippen MR) is 136 cm³/mol. The highest BCUT2D eigenvalue weighted by Crippen LogP contribution is 2.35. The summed E-state index contributed by atoms with van der Waals surface area (Å²) in [6, 6.07) is 17.5. The largest absolute Gasteiger partial charge is 0.489 e. The number of nitrogens with zero attached hydrogens (tertiary/aromatic N) is 4. The fourth-order valence-corrected chi connectivity index (χ4v) is 4.34. The number of carbonyl (C=O) groups is 1. The molecular formula is C27H26ClN5O2. The zero-order valence-corrected chi connectivity index (χ0v) is 20.0. The summed E-state index contributed by atoms with van der Waals surface area (Å²) >= 11 is 6.02. The minimum Gasteiger partial charge on any atom is -0.489 e. The van der Waals surface area contributed by atoms with Gasteiger partial charge in [0.25, 0.3) is 5.91 Å². The van der Waals surface area contributed by atoms with Gasteiger partial charge in [-0.2, -0.15) is 0 Å². The highest BCUT2D eigenvalue weighted by molar-refractivity contribution is 6.30. The van der Waals surface area contributed by atoms with E-state index >= 15 is 0 Å². The lowest BCUT2D eigenvalue weighted by Crippen LogP contribution is -2.34. The number of amides is 1. The Kier molecular flexibility index (Phi) is 6.95. The van der Waals surface area contributed by atoms with E-state index in [0.717, 1.165) is 40.5 Å². The average molecular weight is 488 g/mol. The summed E-state index contributed by atoms with van der Waals surface area (Å²) in [5.74, 6) is 0.495. The number of pyridine rings is 1. The number of para-hydroxylation sites is 1. The van der Waals surface area contributed by atoms with Crippen molar-refractivity contribution in [1.82, 2.24) is 19.9 Å². The Balaban J connectivity index is 1.28. The van der Waals surface area contributed by atoms with Gasteiger partial charge in [-0.15, -0.1) is 0 Å². The van der Waals surface area contributed by atoms with E-state index in [1.54, 1.807) is 12.4 Å². The molecule has 0 saturated heterocycles. The minimum absolute atomic E-state index is 0.134. The Labute approximate surface area is 209 Å². The lowest BCUT2D eigenvalue weighted by molar-refractivity contribution is 0.0949. The summed E-state index contributed by atoms with van der Waals surface area (Å²) in [4.78, 5) is 23.6. The maximum Gasteiger partial charge on any atom is 0.255 e. The number of rotatable bonds is 8. The molecule has 1 amide bonds. The van der Waals surface area contributed by atoms with Crippen LogP contribution in [0.2, 0.25) is 5.02 Å². The molecule has 0 unspecified atom stereocenters. The molecule has 8 heteroatoms. The number of benzene rings is 2. The fourth-order valence-electron chi connectivity index (χ4n) is 4.22. The molecule has 35 heavy (non-hydrogen) atoms. The van der Waals surface area contributed by atoms with Crippen LogP contribution in [0.15, 0.2) is 79.5 Å². The van der Waals surface area contributed by atoms with Crippen LogP contribution in [0, 0.1) is 0 Å². The van der Waals surface area contributed by atoms with Gasteiger partial charge in [0.05, 0.1) is 36.4 Å². The first-order valence-corrected chi connectivity index (χ1v) is 12.0. The molecule has 1 aliphatic heterocycles. The molecule has 5 rings (SSSR count). The van der Waals surface area contributed by atoms with E-state index in [4.69, 9.17) is 16.3 Å². The molecule has 2 aromatic heterocycles. The van der Waals surface area contributed by atoms with Crippen molar-refractivity contribution >= 4 is 23.2 Å². The molecule has 0 bridgehead atoms. The second kappa shape index (κ2) is 10.6. The monoisotopic (exact) mass is 487 g/mol. The van der Waals surface area contributed by atoms with Gasteiger partial charge in [0.2, 0.25) is 0 Å². The van der Waals surface area contributed by atoms with Gasteiger partial charge in [-0.25, -0.2) is 4.98 Å². The van der Waals surface area contributed by atoms with Crippen LogP contribution < -0.4 is 15.0 Å². The second-order valence-corrected chi connectivity index (χ2v) is 8.86. The standard InChI is InChI=1S/C27H26ClN5O2/c28-22-6-4-21(5-7-22)17-33-19-30-16-23(33)18-32-14-15-35-26-24(2-1-3-25(26)32)27(34)31-13-10-20-8-11-29-12-9-20/h1-9,11-12,16,19H,10,13-15,17-18H2,(H,31,34). The van der Waals surface area contributed by atoms with Crippen molar-refractivity contribution < 1.29 is 9.53 Å². The van der Waals surface area contributed by atoms with E-state index in [1.807, 2.05) is 67.1 Å². The zero-order valence-electron chi connectivity index (χ0n) is 19.2. The molecule has 0 fully saturated rings. The maximum absolute atomic E-state index is 13.0. The summed E-state index contributed by atoms with van der Waals surface area (Å²) in [7, 11) is 0. The number of aromatic nitrogens is 3. The van der Waals surface area contributed by atoms with E-state index in [-0.39, 0.29) is 5.91 Å². The van der Waals surface area contributed by atoms with Crippen LogP contribution in [0.25, 0.3) is 0 Å². The third-order valence-corrected chi connectivity index (χ3v) is 6.31. The van der Waals surface area contributed by atoms with Gasteiger partial charge in [0.1, 0.15) is 6.61 Å². The molecular weight excluding hydrogens is 462 g/mol. The summed E-state index contributed by atoms with van der Waals surface area (Å²) < 4.78 is 8.11. The van der Waals surface area contributed by atoms with Crippen molar-refractivity contribution in [2.75, 3.05) is 24.6 Å². The van der Waals surface area contributed by atoms with Crippen molar-refractivity contribution in [1.29, 1.82) is 0 Å².